The van der Waals surface area contributed by atoms with Crippen LogP contribution in [0.3, 0.4) is 0 Å². The molecule has 2 aromatic carbocycles. The third-order valence-electron chi connectivity index (χ3n) is 4.08. The van der Waals surface area contributed by atoms with Crippen molar-refractivity contribution >= 4 is 17.5 Å². The van der Waals surface area contributed by atoms with E-state index in [1.165, 1.54) is 0 Å². The van der Waals surface area contributed by atoms with E-state index < -0.39 is 11.8 Å². The molecule has 0 unspecified atom stereocenters. The molecule has 6 heteroatoms. The Morgan fingerprint density at radius 2 is 1.81 bits per heavy atom. The summed E-state index contributed by atoms with van der Waals surface area (Å²) in [6.45, 7) is 1.54. The van der Waals surface area contributed by atoms with Gasteiger partial charge in [-0.3, -0.25) is 9.59 Å². The molecule has 0 radical (unpaired) electrons. The topological polar surface area (TPSA) is 76.7 Å². The predicted molar refractivity (Wildman–Crippen MR) is 97.8 cm³/mol. The molecule has 1 atom stereocenters. The van der Waals surface area contributed by atoms with Crippen molar-refractivity contribution in [3.8, 4) is 5.75 Å². The maximum absolute atomic E-state index is 11.9. The number of benzene rings is 2. The molecule has 1 aliphatic heterocycles. The van der Waals surface area contributed by atoms with Crippen molar-refractivity contribution in [1.82, 2.24) is 5.32 Å². The van der Waals surface area contributed by atoms with Crippen molar-refractivity contribution in [2.75, 3.05) is 18.5 Å². The number of carbonyl (C=O) groups excluding carboxylic acids is 2. The number of nitrogens with one attached hydrogen (secondary N) is 2. The van der Waals surface area contributed by atoms with Crippen LogP contribution in [0.5, 0.6) is 5.75 Å². The van der Waals surface area contributed by atoms with E-state index in [9.17, 15) is 9.59 Å². The van der Waals surface area contributed by atoms with E-state index in [1.54, 1.807) is 24.3 Å². The van der Waals surface area contributed by atoms with E-state index in [2.05, 4.69) is 10.6 Å². The molecule has 0 aromatic heterocycles. The first-order valence-electron chi connectivity index (χ1n) is 8.68. The van der Waals surface area contributed by atoms with Crippen LogP contribution >= 0.6 is 0 Å². The van der Waals surface area contributed by atoms with Gasteiger partial charge < -0.3 is 20.1 Å². The van der Waals surface area contributed by atoms with E-state index in [-0.39, 0.29) is 6.10 Å². The normalized spacial score (nSPS) is 16.1. The molecule has 0 saturated carbocycles. The van der Waals surface area contributed by atoms with Crippen LogP contribution in [-0.4, -0.2) is 31.1 Å². The lowest BCUT2D eigenvalue weighted by Crippen LogP contribution is -2.39. The van der Waals surface area contributed by atoms with E-state index in [4.69, 9.17) is 9.47 Å². The van der Waals surface area contributed by atoms with E-state index in [0.29, 0.717) is 31.2 Å². The van der Waals surface area contributed by atoms with Gasteiger partial charge >= 0.3 is 11.8 Å². The van der Waals surface area contributed by atoms with Gasteiger partial charge in [0.15, 0.2) is 0 Å². The minimum absolute atomic E-state index is 0.00722. The molecule has 0 spiro atoms. The smallest absolute Gasteiger partial charge is 0.313 e. The van der Waals surface area contributed by atoms with Gasteiger partial charge in [-0.15, -0.1) is 0 Å². The zero-order valence-corrected chi connectivity index (χ0v) is 14.4. The molecule has 1 fully saturated rings. The maximum Gasteiger partial charge on any atom is 0.313 e. The lowest BCUT2D eigenvalue weighted by Gasteiger charge is -2.11. The second-order valence-corrected chi connectivity index (χ2v) is 6.10. The SMILES string of the molecule is O=C(NC[C@@H]1CCCO1)C(=O)Nc1ccc(OCc2ccccc2)cc1. The molecule has 2 aromatic rings. The zero-order chi connectivity index (χ0) is 18.2. The molecule has 2 N–H and O–H groups in total. The van der Waals surface area contributed by atoms with Crippen LogP contribution in [0.25, 0.3) is 0 Å². The molecule has 0 aliphatic carbocycles. The van der Waals surface area contributed by atoms with Gasteiger partial charge in [-0.25, -0.2) is 0 Å². The highest BCUT2D eigenvalue weighted by Crippen LogP contribution is 2.17. The Labute approximate surface area is 152 Å². The molecule has 0 bridgehead atoms. The summed E-state index contributed by atoms with van der Waals surface area (Å²) in [7, 11) is 0. The summed E-state index contributed by atoms with van der Waals surface area (Å²) < 4.78 is 11.1. The van der Waals surface area contributed by atoms with Crippen LogP contribution in [0, 0.1) is 0 Å². The van der Waals surface area contributed by atoms with E-state index in [1.807, 2.05) is 30.3 Å². The number of rotatable bonds is 6. The number of carbonyl (C=O) groups is 2. The van der Waals surface area contributed by atoms with Gasteiger partial charge in [0.05, 0.1) is 6.10 Å². The quantitative estimate of drug-likeness (QED) is 0.782. The first-order valence-corrected chi connectivity index (χ1v) is 8.68. The van der Waals surface area contributed by atoms with Crippen molar-refractivity contribution in [1.29, 1.82) is 0 Å². The Morgan fingerprint density at radius 1 is 1.04 bits per heavy atom. The van der Waals surface area contributed by atoms with Gasteiger partial charge in [0.25, 0.3) is 0 Å². The second kappa shape index (κ2) is 9.01. The van der Waals surface area contributed by atoms with Crippen molar-refractivity contribution in [3.05, 3.63) is 60.2 Å². The zero-order valence-electron chi connectivity index (χ0n) is 14.4. The molecular weight excluding hydrogens is 332 g/mol. The van der Waals surface area contributed by atoms with Gasteiger partial charge in [-0.05, 0) is 42.7 Å². The van der Waals surface area contributed by atoms with Crippen molar-refractivity contribution < 1.29 is 19.1 Å². The number of amides is 2. The maximum atomic E-state index is 11.9. The Bertz CT molecular complexity index is 725. The van der Waals surface area contributed by atoms with Gasteiger partial charge in [-0.1, -0.05) is 30.3 Å². The van der Waals surface area contributed by atoms with Crippen molar-refractivity contribution in [2.24, 2.45) is 0 Å². The van der Waals surface area contributed by atoms with Crippen LogP contribution in [-0.2, 0) is 20.9 Å². The van der Waals surface area contributed by atoms with Gasteiger partial charge in [-0.2, -0.15) is 0 Å². The Morgan fingerprint density at radius 3 is 2.50 bits per heavy atom. The summed E-state index contributed by atoms with van der Waals surface area (Å²) in [5.74, 6) is -0.666. The molecule has 1 aliphatic rings. The molecule has 26 heavy (non-hydrogen) atoms. The summed E-state index contributed by atoms with van der Waals surface area (Å²) in [5.41, 5.74) is 1.61. The standard InChI is InChI=1S/C20H22N2O4/c23-19(21-13-18-7-4-12-25-18)20(24)22-16-8-10-17(11-9-16)26-14-15-5-2-1-3-6-15/h1-3,5-6,8-11,18H,4,7,12-14H2,(H,21,23)(H,22,24)/t18-/m0/s1. The van der Waals surface area contributed by atoms with Crippen LogP contribution in [0.2, 0.25) is 0 Å². The van der Waals surface area contributed by atoms with Gasteiger partial charge in [0.1, 0.15) is 12.4 Å². The first-order chi connectivity index (χ1) is 12.7. The number of hydrogen-bond acceptors (Lipinski definition) is 4. The Kier molecular flexibility index (Phi) is 6.22. The monoisotopic (exact) mass is 354 g/mol. The van der Waals surface area contributed by atoms with Crippen molar-refractivity contribution in [2.45, 2.75) is 25.6 Å². The molecule has 136 valence electrons. The van der Waals surface area contributed by atoms with Crippen LogP contribution in [0.4, 0.5) is 5.69 Å². The summed E-state index contributed by atoms with van der Waals surface area (Å²) in [6, 6.07) is 16.8. The van der Waals surface area contributed by atoms with Crippen LogP contribution in [0.15, 0.2) is 54.6 Å². The fourth-order valence-corrected chi connectivity index (χ4v) is 2.66. The molecule has 1 saturated heterocycles. The third-order valence-corrected chi connectivity index (χ3v) is 4.08. The van der Waals surface area contributed by atoms with E-state index >= 15 is 0 Å². The predicted octanol–water partition coefficient (Wildman–Crippen LogP) is 2.50. The summed E-state index contributed by atoms with van der Waals surface area (Å²) >= 11 is 0. The lowest BCUT2D eigenvalue weighted by atomic mass is 10.2. The Hall–Kier alpha value is -2.86. The van der Waals surface area contributed by atoms with Crippen LogP contribution in [0.1, 0.15) is 18.4 Å². The highest BCUT2D eigenvalue weighted by atomic mass is 16.5. The minimum atomic E-state index is -0.694. The van der Waals surface area contributed by atoms with E-state index in [0.717, 1.165) is 18.4 Å². The average molecular weight is 354 g/mol. The highest BCUT2D eigenvalue weighted by Gasteiger charge is 2.19. The summed E-state index contributed by atoms with van der Waals surface area (Å²) in [4.78, 5) is 23.7. The first kappa shape index (κ1) is 17.9. The largest absolute Gasteiger partial charge is 0.489 e. The second-order valence-electron chi connectivity index (χ2n) is 6.10. The average Bonchev–Trinajstić information content (AvgIpc) is 3.20. The fourth-order valence-electron chi connectivity index (χ4n) is 2.66. The fraction of sp³-hybridized carbons (Fsp3) is 0.300. The van der Waals surface area contributed by atoms with Crippen molar-refractivity contribution in [3.63, 3.8) is 0 Å². The lowest BCUT2D eigenvalue weighted by molar-refractivity contribution is -0.136. The third kappa shape index (κ3) is 5.32. The number of hydrogen-bond donors (Lipinski definition) is 2. The molecule has 1 heterocycles. The number of ether oxygens (including phenoxy) is 2. The van der Waals surface area contributed by atoms with Gasteiger partial charge in [0.2, 0.25) is 0 Å². The molecule has 2 amide bonds. The molecule has 3 rings (SSSR count). The minimum Gasteiger partial charge on any atom is -0.489 e. The molecular formula is C20H22N2O4. The molecule has 6 nitrogen and oxygen atoms in total. The number of anilines is 1. The summed E-state index contributed by atoms with van der Waals surface area (Å²) in [5, 5.41) is 5.16. The highest BCUT2D eigenvalue weighted by molar-refractivity contribution is 6.39. The van der Waals surface area contributed by atoms with Crippen LogP contribution < -0.4 is 15.4 Å². The van der Waals surface area contributed by atoms with Gasteiger partial charge in [0, 0.05) is 18.8 Å². The summed E-state index contributed by atoms with van der Waals surface area (Å²) in [6.07, 6.45) is 1.91. The Balaban J connectivity index is 1.44.